The molecule has 2 aromatic rings. The van der Waals surface area contributed by atoms with E-state index in [1.165, 1.54) is 38.5 Å². The van der Waals surface area contributed by atoms with E-state index in [1.807, 2.05) is 0 Å². The predicted octanol–water partition coefficient (Wildman–Crippen LogP) is 3.26. The van der Waals surface area contributed by atoms with Crippen molar-refractivity contribution in [1.82, 2.24) is 0 Å². The molecule has 0 saturated carbocycles. The monoisotopic (exact) mass is 294 g/mol. The van der Waals surface area contributed by atoms with Crippen LogP contribution in [0, 0.1) is 11.6 Å². The lowest BCUT2D eigenvalue weighted by atomic mass is 10.0. The molecule has 0 bridgehead atoms. The van der Waals surface area contributed by atoms with Gasteiger partial charge >= 0.3 is 0 Å². The van der Waals surface area contributed by atoms with Crippen molar-refractivity contribution in [3.63, 3.8) is 0 Å². The van der Waals surface area contributed by atoms with Crippen LogP contribution < -0.4 is 9.47 Å². The molecule has 0 radical (unpaired) electrons. The number of rotatable bonds is 5. The van der Waals surface area contributed by atoms with Gasteiger partial charge in [0, 0.05) is 18.1 Å². The van der Waals surface area contributed by atoms with Crippen LogP contribution in [0.2, 0.25) is 0 Å². The first-order chi connectivity index (χ1) is 10.0. The molecule has 1 atom stereocenters. The summed E-state index contributed by atoms with van der Waals surface area (Å²) in [6.45, 7) is 0. The normalized spacial score (nSPS) is 12.0. The molecule has 5 heteroatoms. The second kappa shape index (κ2) is 6.54. The van der Waals surface area contributed by atoms with Gasteiger partial charge in [-0.15, -0.1) is 0 Å². The highest BCUT2D eigenvalue weighted by Gasteiger charge is 2.15. The van der Waals surface area contributed by atoms with Crippen molar-refractivity contribution < 1.29 is 23.4 Å². The zero-order valence-electron chi connectivity index (χ0n) is 11.8. The van der Waals surface area contributed by atoms with Crippen molar-refractivity contribution in [2.24, 2.45) is 0 Å². The Labute approximate surface area is 121 Å². The van der Waals surface area contributed by atoms with Gasteiger partial charge in [-0.3, -0.25) is 0 Å². The summed E-state index contributed by atoms with van der Waals surface area (Å²) in [7, 11) is 2.81. The lowest BCUT2D eigenvalue weighted by Crippen LogP contribution is -2.05. The van der Waals surface area contributed by atoms with E-state index in [0.29, 0.717) is 11.3 Å². The first-order valence-electron chi connectivity index (χ1n) is 6.39. The van der Waals surface area contributed by atoms with Crippen LogP contribution in [-0.4, -0.2) is 19.3 Å². The zero-order chi connectivity index (χ0) is 15.4. The first kappa shape index (κ1) is 15.3. The van der Waals surface area contributed by atoms with Crippen molar-refractivity contribution >= 4 is 0 Å². The number of hydrogen-bond donors (Lipinski definition) is 1. The van der Waals surface area contributed by atoms with E-state index in [0.717, 1.165) is 0 Å². The van der Waals surface area contributed by atoms with E-state index in [4.69, 9.17) is 9.47 Å². The fourth-order valence-corrected chi connectivity index (χ4v) is 2.08. The summed E-state index contributed by atoms with van der Waals surface area (Å²) in [4.78, 5) is 0. The van der Waals surface area contributed by atoms with E-state index in [9.17, 15) is 13.9 Å². The molecule has 0 heterocycles. The average Bonchev–Trinajstić information content (AvgIpc) is 2.47. The average molecular weight is 294 g/mol. The largest absolute Gasteiger partial charge is 0.497 e. The van der Waals surface area contributed by atoms with Gasteiger partial charge in [0.2, 0.25) is 0 Å². The smallest absolute Gasteiger partial charge is 0.165 e. The second-order valence-electron chi connectivity index (χ2n) is 4.58. The minimum atomic E-state index is -1.07. The molecule has 21 heavy (non-hydrogen) atoms. The van der Waals surface area contributed by atoms with Gasteiger partial charge in [-0.1, -0.05) is 6.07 Å². The Morgan fingerprint density at radius 3 is 2.33 bits per heavy atom. The minimum absolute atomic E-state index is 0.101. The highest BCUT2D eigenvalue weighted by molar-refractivity contribution is 5.33. The summed E-state index contributed by atoms with van der Waals surface area (Å²) in [5.74, 6) is -0.573. The molecule has 0 aliphatic heterocycles. The molecule has 0 saturated heterocycles. The fourth-order valence-electron chi connectivity index (χ4n) is 2.08. The standard InChI is InChI=1S/C16H16F2O3/c1-20-11-4-5-12(13(17)9-11)15(19)8-10-3-6-16(21-2)14(18)7-10/h3-7,9,15,19H,8H2,1-2H3. The van der Waals surface area contributed by atoms with Gasteiger partial charge < -0.3 is 14.6 Å². The number of aliphatic hydroxyl groups excluding tert-OH is 1. The Hall–Kier alpha value is -2.14. The summed E-state index contributed by atoms with van der Waals surface area (Å²) in [5.41, 5.74) is 0.697. The van der Waals surface area contributed by atoms with E-state index in [1.54, 1.807) is 12.1 Å². The molecule has 1 unspecified atom stereocenters. The van der Waals surface area contributed by atoms with Crippen molar-refractivity contribution in [3.05, 3.63) is 59.2 Å². The van der Waals surface area contributed by atoms with Gasteiger partial charge in [0.1, 0.15) is 11.6 Å². The topological polar surface area (TPSA) is 38.7 Å². The Morgan fingerprint density at radius 1 is 1.00 bits per heavy atom. The van der Waals surface area contributed by atoms with Crippen LogP contribution in [0.25, 0.3) is 0 Å². The van der Waals surface area contributed by atoms with Crippen LogP contribution in [0.3, 0.4) is 0 Å². The van der Waals surface area contributed by atoms with Gasteiger partial charge in [0.05, 0.1) is 20.3 Å². The summed E-state index contributed by atoms with van der Waals surface area (Å²) in [6, 6.07) is 8.60. The maximum Gasteiger partial charge on any atom is 0.165 e. The van der Waals surface area contributed by atoms with E-state index >= 15 is 0 Å². The summed E-state index contributed by atoms with van der Waals surface area (Å²) in [5, 5.41) is 10.1. The van der Waals surface area contributed by atoms with Crippen LogP contribution in [0.5, 0.6) is 11.5 Å². The van der Waals surface area contributed by atoms with Crippen LogP contribution in [0.4, 0.5) is 8.78 Å². The molecule has 0 fully saturated rings. The molecule has 3 nitrogen and oxygen atoms in total. The van der Waals surface area contributed by atoms with Gasteiger partial charge in [0.25, 0.3) is 0 Å². The highest BCUT2D eigenvalue weighted by Crippen LogP contribution is 2.26. The molecule has 1 N–H and O–H groups in total. The van der Waals surface area contributed by atoms with Crippen molar-refractivity contribution in [2.75, 3.05) is 14.2 Å². The Kier molecular flexibility index (Phi) is 4.75. The second-order valence-corrected chi connectivity index (χ2v) is 4.58. The van der Waals surface area contributed by atoms with Crippen LogP contribution in [-0.2, 0) is 6.42 Å². The molecule has 112 valence electrons. The summed E-state index contributed by atoms with van der Waals surface area (Å²) >= 11 is 0. The SMILES string of the molecule is COc1ccc(C(O)Cc2ccc(OC)c(F)c2)c(F)c1. The van der Waals surface area contributed by atoms with Crippen molar-refractivity contribution in [1.29, 1.82) is 0 Å². The number of benzene rings is 2. The number of aliphatic hydroxyl groups is 1. The molecule has 0 aliphatic carbocycles. The molecule has 0 amide bonds. The van der Waals surface area contributed by atoms with Crippen LogP contribution >= 0.6 is 0 Å². The zero-order valence-corrected chi connectivity index (χ0v) is 11.8. The highest BCUT2D eigenvalue weighted by atomic mass is 19.1. The van der Waals surface area contributed by atoms with Crippen LogP contribution in [0.15, 0.2) is 36.4 Å². The van der Waals surface area contributed by atoms with Gasteiger partial charge in [-0.2, -0.15) is 0 Å². The number of halogens is 2. The van der Waals surface area contributed by atoms with E-state index < -0.39 is 17.7 Å². The minimum Gasteiger partial charge on any atom is -0.497 e. The molecule has 0 aromatic heterocycles. The molecule has 0 aliphatic rings. The maximum absolute atomic E-state index is 13.9. The van der Waals surface area contributed by atoms with Crippen LogP contribution in [0.1, 0.15) is 17.2 Å². The maximum atomic E-state index is 13.9. The Bertz CT molecular complexity index is 629. The fraction of sp³-hybridized carbons (Fsp3) is 0.250. The van der Waals surface area contributed by atoms with Crippen molar-refractivity contribution in [3.8, 4) is 11.5 Å². The van der Waals surface area contributed by atoms with Gasteiger partial charge in [-0.25, -0.2) is 8.78 Å². The quantitative estimate of drug-likeness (QED) is 0.920. The lowest BCUT2D eigenvalue weighted by Gasteiger charge is -2.13. The van der Waals surface area contributed by atoms with Gasteiger partial charge in [-0.05, 0) is 29.8 Å². The summed E-state index contributed by atoms with van der Waals surface area (Å²) < 4.78 is 37.2. The molecule has 2 aromatic carbocycles. The predicted molar refractivity (Wildman–Crippen MR) is 74.6 cm³/mol. The Morgan fingerprint density at radius 2 is 1.76 bits per heavy atom. The van der Waals surface area contributed by atoms with E-state index in [2.05, 4.69) is 0 Å². The lowest BCUT2D eigenvalue weighted by molar-refractivity contribution is 0.173. The van der Waals surface area contributed by atoms with Gasteiger partial charge in [0.15, 0.2) is 11.6 Å². The third-order valence-electron chi connectivity index (χ3n) is 3.21. The molecule has 2 rings (SSSR count). The summed E-state index contributed by atoms with van der Waals surface area (Å²) in [6.07, 6.45) is -0.965. The number of methoxy groups -OCH3 is 2. The Balaban J connectivity index is 2.17. The number of ether oxygens (including phenoxy) is 2. The molecular formula is C16H16F2O3. The van der Waals surface area contributed by atoms with E-state index in [-0.39, 0.29) is 17.7 Å². The first-order valence-corrected chi connectivity index (χ1v) is 6.39. The van der Waals surface area contributed by atoms with Crippen molar-refractivity contribution in [2.45, 2.75) is 12.5 Å². The third-order valence-corrected chi connectivity index (χ3v) is 3.21. The number of hydrogen-bond acceptors (Lipinski definition) is 3. The molecular weight excluding hydrogens is 278 g/mol. The molecule has 0 spiro atoms. The third kappa shape index (κ3) is 3.49.